The minimum absolute atomic E-state index is 0.116. The van der Waals surface area contributed by atoms with Crippen LogP contribution in [-0.4, -0.2) is 47.5 Å². The van der Waals surface area contributed by atoms with E-state index in [9.17, 15) is 4.79 Å². The molecule has 0 bridgehead atoms. The van der Waals surface area contributed by atoms with Crippen molar-refractivity contribution in [1.82, 2.24) is 10.6 Å². The molecule has 1 rings (SSSR count). The Bertz CT molecular complexity index is 229. The fourth-order valence-corrected chi connectivity index (χ4v) is 1.78. The summed E-state index contributed by atoms with van der Waals surface area (Å²) in [5, 5.41) is 24.2. The molecular formula is C10H20N2O3. The molecule has 0 saturated carbocycles. The molecule has 1 aliphatic rings. The van der Waals surface area contributed by atoms with E-state index in [2.05, 4.69) is 10.6 Å². The van der Waals surface area contributed by atoms with Crippen molar-refractivity contribution >= 4 is 5.97 Å². The number of hydrogen-bond donors (Lipinski definition) is 4. The molecule has 0 aromatic carbocycles. The second-order valence-corrected chi connectivity index (χ2v) is 4.55. The number of aliphatic hydroxyl groups is 1. The molecule has 5 heteroatoms. The largest absolute Gasteiger partial charge is 0.481 e. The van der Waals surface area contributed by atoms with Gasteiger partial charge >= 0.3 is 5.97 Å². The van der Waals surface area contributed by atoms with Crippen molar-refractivity contribution in [1.29, 1.82) is 0 Å². The fourth-order valence-electron chi connectivity index (χ4n) is 1.78. The summed E-state index contributed by atoms with van der Waals surface area (Å²) in [4.78, 5) is 10.7. The molecule has 1 aliphatic heterocycles. The zero-order chi connectivity index (χ0) is 11.5. The third kappa shape index (κ3) is 3.15. The first-order valence-corrected chi connectivity index (χ1v) is 5.30. The van der Waals surface area contributed by atoms with Gasteiger partial charge in [-0.05, 0) is 12.8 Å². The average Bonchev–Trinajstić information content (AvgIpc) is 2.12. The zero-order valence-electron chi connectivity index (χ0n) is 9.29. The number of carbonyl (C=O) groups is 1. The summed E-state index contributed by atoms with van der Waals surface area (Å²) in [5.41, 5.74) is -0.325. The molecule has 0 radical (unpaired) electrons. The normalized spacial score (nSPS) is 22.9. The van der Waals surface area contributed by atoms with Crippen LogP contribution >= 0.6 is 0 Å². The Morgan fingerprint density at radius 1 is 1.53 bits per heavy atom. The summed E-state index contributed by atoms with van der Waals surface area (Å²) in [5.74, 6) is -0.649. The molecule has 88 valence electrons. The quantitative estimate of drug-likeness (QED) is 0.477. The molecule has 0 amide bonds. The summed E-state index contributed by atoms with van der Waals surface area (Å²) < 4.78 is 0. The summed E-state index contributed by atoms with van der Waals surface area (Å²) in [7, 11) is 0. The Balaban J connectivity index is 2.49. The van der Waals surface area contributed by atoms with Gasteiger partial charge in [0.25, 0.3) is 0 Å². The molecule has 2 unspecified atom stereocenters. The van der Waals surface area contributed by atoms with Gasteiger partial charge < -0.3 is 20.8 Å². The molecule has 1 fully saturated rings. The van der Waals surface area contributed by atoms with Crippen molar-refractivity contribution in [2.75, 3.05) is 19.7 Å². The molecule has 1 saturated heterocycles. The van der Waals surface area contributed by atoms with Crippen molar-refractivity contribution in [3.63, 3.8) is 0 Å². The topological polar surface area (TPSA) is 81.6 Å². The zero-order valence-corrected chi connectivity index (χ0v) is 9.29. The SMILES string of the molecule is CC(CO)C(C)NC1(CC(=O)O)CNC1. The first-order chi connectivity index (χ1) is 6.99. The predicted octanol–water partition coefficient (Wildman–Crippen LogP) is -0.590. The molecular weight excluding hydrogens is 196 g/mol. The summed E-state index contributed by atoms with van der Waals surface area (Å²) in [6, 6.07) is 0.122. The second-order valence-electron chi connectivity index (χ2n) is 4.55. The molecule has 4 N–H and O–H groups in total. The maximum Gasteiger partial charge on any atom is 0.305 e. The highest BCUT2D eigenvalue weighted by molar-refractivity contribution is 5.68. The van der Waals surface area contributed by atoms with E-state index in [1.165, 1.54) is 0 Å². The monoisotopic (exact) mass is 216 g/mol. The minimum Gasteiger partial charge on any atom is -0.481 e. The van der Waals surface area contributed by atoms with Gasteiger partial charge in [0, 0.05) is 25.7 Å². The van der Waals surface area contributed by atoms with E-state index in [1.54, 1.807) is 0 Å². The maximum absolute atomic E-state index is 10.7. The van der Waals surface area contributed by atoms with Gasteiger partial charge in [-0.25, -0.2) is 0 Å². The van der Waals surface area contributed by atoms with Crippen LogP contribution in [0.1, 0.15) is 20.3 Å². The number of hydrogen-bond acceptors (Lipinski definition) is 4. The third-order valence-corrected chi connectivity index (χ3v) is 3.09. The second kappa shape index (κ2) is 4.92. The standard InChI is InChI=1S/C10H20N2O3/c1-7(4-13)8(2)12-10(3-9(14)15)5-11-6-10/h7-8,11-13H,3-6H2,1-2H3,(H,14,15). The molecule has 0 spiro atoms. The number of aliphatic hydroxyl groups excluding tert-OH is 1. The maximum atomic E-state index is 10.7. The van der Waals surface area contributed by atoms with E-state index in [-0.39, 0.29) is 30.5 Å². The van der Waals surface area contributed by atoms with Crippen molar-refractivity contribution in [3.8, 4) is 0 Å². The van der Waals surface area contributed by atoms with Crippen LogP contribution in [0.2, 0.25) is 0 Å². The van der Waals surface area contributed by atoms with E-state index >= 15 is 0 Å². The minimum atomic E-state index is -0.784. The van der Waals surface area contributed by atoms with Crippen LogP contribution in [-0.2, 0) is 4.79 Å². The molecule has 0 aliphatic carbocycles. The number of carboxylic acid groups (broad SMARTS) is 1. The van der Waals surface area contributed by atoms with Gasteiger partial charge in [0.1, 0.15) is 0 Å². The van der Waals surface area contributed by atoms with Crippen LogP contribution in [0, 0.1) is 5.92 Å². The van der Waals surface area contributed by atoms with Gasteiger partial charge in [-0.3, -0.25) is 4.79 Å². The third-order valence-electron chi connectivity index (χ3n) is 3.09. The van der Waals surface area contributed by atoms with Crippen LogP contribution in [0.15, 0.2) is 0 Å². The van der Waals surface area contributed by atoms with Crippen LogP contribution < -0.4 is 10.6 Å². The smallest absolute Gasteiger partial charge is 0.305 e. The van der Waals surface area contributed by atoms with Gasteiger partial charge in [0.15, 0.2) is 0 Å². The highest BCUT2D eigenvalue weighted by Gasteiger charge is 2.40. The number of rotatable bonds is 6. The Hall–Kier alpha value is -0.650. The highest BCUT2D eigenvalue weighted by Crippen LogP contribution is 2.18. The lowest BCUT2D eigenvalue weighted by molar-refractivity contribution is -0.139. The van der Waals surface area contributed by atoms with Crippen LogP contribution in [0.5, 0.6) is 0 Å². The number of nitrogens with one attached hydrogen (secondary N) is 2. The van der Waals surface area contributed by atoms with E-state index in [1.807, 2.05) is 13.8 Å². The number of carboxylic acids is 1. The van der Waals surface area contributed by atoms with E-state index < -0.39 is 5.97 Å². The van der Waals surface area contributed by atoms with Gasteiger partial charge in [0.05, 0.1) is 12.0 Å². The van der Waals surface area contributed by atoms with Crippen LogP contribution in [0.4, 0.5) is 0 Å². The highest BCUT2D eigenvalue weighted by atomic mass is 16.4. The lowest BCUT2D eigenvalue weighted by atomic mass is 9.86. The lowest BCUT2D eigenvalue weighted by Gasteiger charge is -2.45. The van der Waals surface area contributed by atoms with Gasteiger partial charge in [-0.15, -0.1) is 0 Å². The molecule has 2 atom stereocenters. The Kier molecular flexibility index (Phi) is 4.07. The lowest BCUT2D eigenvalue weighted by Crippen LogP contribution is -2.70. The molecule has 5 nitrogen and oxygen atoms in total. The summed E-state index contributed by atoms with van der Waals surface area (Å²) in [6.45, 7) is 5.40. The van der Waals surface area contributed by atoms with Crippen LogP contribution in [0.25, 0.3) is 0 Å². The van der Waals surface area contributed by atoms with Crippen molar-refractivity contribution in [2.45, 2.75) is 31.8 Å². The van der Waals surface area contributed by atoms with E-state index in [4.69, 9.17) is 10.2 Å². The van der Waals surface area contributed by atoms with Crippen molar-refractivity contribution < 1.29 is 15.0 Å². The molecule has 0 aromatic rings. The molecule has 1 heterocycles. The van der Waals surface area contributed by atoms with E-state index in [0.29, 0.717) is 13.1 Å². The predicted molar refractivity (Wildman–Crippen MR) is 56.7 cm³/mol. The van der Waals surface area contributed by atoms with Gasteiger partial charge in [0.2, 0.25) is 0 Å². The molecule has 0 aromatic heterocycles. The average molecular weight is 216 g/mol. The van der Waals surface area contributed by atoms with Crippen LogP contribution in [0.3, 0.4) is 0 Å². The van der Waals surface area contributed by atoms with Gasteiger partial charge in [-0.2, -0.15) is 0 Å². The number of aliphatic carboxylic acids is 1. The van der Waals surface area contributed by atoms with Gasteiger partial charge in [-0.1, -0.05) is 6.92 Å². The van der Waals surface area contributed by atoms with E-state index in [0.717, 1.165) is 0 Å². The van der Waals surface area contributed by atoms with Crippen molar-refractivity contribution in [3.05, 3.63) is 0 Å². The molecule has 15 heavy (non-hydrogen) atoms. The Morgan fingerprint density at radius 2 is 2.13 bits per heavy atom. The fraction of sp³-hybridized carbons (Fsp3) is 0.900. The first-order valence-electron chi connectivity index (χ1n) is 5.30. The first kappa shape index (κ1) is 12.4. The summed E-state index contributed by atoms with van der Waals surface area (Å²) in [6.07, 6.45) is 0.127. The summed E-state index contributed by atoms with van der Waals surface area (Å²) >= 11 is 0. The Labute approximate surface area is 89.9 Å². The van der Waals surface area contributed by atoms with Crippen molar-refractivity contribution in [2.24, 2.45) is 5.92 Å². The Morgan fingerprint density at radius 3 is 2.47 bits per heavy atom.